The summed E-state index contributed by atoms with van der Waals surface area (Å²) in [6.45, 7) is 18.5. The van der Waals surface area contributed by atoms with Gasteiger partial charge in [0.15, 0.2) is 8.32 Å². The zero-order valence-corrected chi connectivity index (χ0v) is 12.3. The molecule has 1 nitrogen and oxygen atoms in total. The van der Waals surface area contributed by atoms with E-state index in [2.05, 4.69) is 48.1 Å². The summed E-state index contributed by atoms with van der Waals surface area (Å²) in [5.74, 6) is 0. The lowest BCUT2D eigenvalue weighted by Crippen LogP contribution is -2.47. The summed E-state index contributed by atoms with van der Waals surface area (Å²) in [7, 11) is -1.61. The van der Waals surface area contributed by atoms with Crippen LogP contribution in [0.5, 0.6) is 0 Å². The molecule has 0 aromatic carbocycles. The fourth-order valence-corrected chi connectivity index (χ4v) is 8.29. The van der Waals surface area contributed by atoms with Crippen molar-refractivity contribution in [2.24, 2.45) is 0 Å². The maximum absolute atomic E-state index is 6.32. The summed E-state index contributed by atoms with van der Waals surface area (Å²) in [6.07, 6.45) is 2.92. The number of hydrogen-bond donors (Lipinski definition) is 0. The van der Waals surface area contributed by atoms with Crippen LogP contribution < -0.4 is 0 Å². The lowest BCUT2D eigenvalue weighted by Gasteiger charge is -2.42. The lowest BCUT2D eigenvalue weighted by molar-refractivity contribution is 0.284. The van der Waals surface area contributed by atoms with Crippen molar-refractivity contribution < 1.29 is 4.43 Å². The van der Waals surface area contributed by atoms with Crippen molar-refractivity contribution in [2.75, 3.05) is 6.61 Å². The Labute approximate surface area is 97.0 Å². The molecule has 0 N–H and O–H groups in total. The van der Waals surface area contributed by atoms with Crippen LogP contribution in [0.4, 0.5) is 0 Å². The fraction of sp³-hybridized carbons (Fsp3) is 0.846. The third-order valence-electron chi connectivity index (χ3n) is 3.38. The first-order chi connectivity index (χ1) is 6.89. The normalized spacial score (nSPS) is 12.9. The molecular weight excluding hydrogens is 200 g/mol. The average molecular weight is 228 g/mol. The van der Waals surface area contributed by atoms with Crippen LogP contribution in [0.25, 0.3) is 0 Å². The van der Waals surface area contributed by atoms with E-state index >= 15 is 0 Å². The molecule has 15 heavy (non-hydrogen) atoms. The summed E-state index contributed by atoms with van der Waals surface area (Å²) in [4.78, 5) is 0. The Balaban J connectivity index is 4.72. The molecule has 0 aliphatic carbocycles. The van der Waals surface area contributed by atoms with Gasteiger partial charge in [-0.3, -0.25) is 0 Å². The molecule has 0 spiro atoms. The molecule has 0 aromatic rings. The third-order valence-corrected chi connectivity index (χ3v) is 9.50. The summed E-state index contributed by atoms with van der Waals surface area (Å²) in [6, 6.07) is 0. The first-order valence-electron chi connectivity index (χ1n) is 6.14. The smallest absolute Gasteiger partial charge is 0.200 e. The van der Waals surface area contributed by atoms with Crippen LogP contribution in [-0.4, -0.2) is 14.9 Å². The van der Waals surface area contributed by atoms with Crippen molar-refractivity contribution >= 4 is 8.32 Å². The Kier molecular flexibility index (Phi) is 6.45. The SMILES string of the molecule is C=CCCO[Si](C(C)C)(C(C)C)C(C)C. The van der Waals surface area contributed by atoms with Gasteiger partial charge in [0, 0.05) is 6.61 Å². The Morgan fingerprint density at radius 1 is 1.00 bits per heavy atom. The van der Waals surface area contributed by atoms with Gasteiger partial charge in [0.25, 0.3) is 0 Å². The summed E-state index contributed by atoms with van der Waals surface area (Å²) < 4.78 is 6.32. The largest absolute Gasteiger partial charge is 0.416 e. The molecule has 0 aliphatic rings. The Hall–Kier alpha value is -0.0831. The summed E-state index contributed by atoms with van der Waals surface area (Å²) in [5.41, 5.74) is 2.05. The molecule has 0 aromatic heterocycles. The van der Waals surface area contributed by atoms with Crippen LogP contribution in [0.1, 0.15) is 48.0 Å². The Morgan fingerprint density at radius 2 is 1.40 bits per heavy atom. The van der Waals surface area contributed by atoms with Gasteiger partial charge in [-0.25, -0.2) is 0 Å². The zero-order chi connectivity index (χ0) is 12.1. The quantitative estimate of drug-likeness (QED) is 0.347. The van der Waals surface area contributed by atoms with E-state index in [1.54, 1.807) is 0 Å². The van der Waals surface area contributed by atoms with Crippen LogP contribution in [0.15, 0.2) is 12.7 Å². The molecule has 0 saturated heterocycles. The van der Waals surface area contributed by atoms with E-state index in [0.717, 1.165) is 13.0 Å². The highest BCUT2D eigenvalue weighted by Crippen LogP contribution is 2.42. The molecule has 0 bridgehead atoms. The van der Waals surface area contributed by atoms with E-state index in [1.807, 2.05) is 6.08 Å². The fourth-order valence-electron chi connectivity index (χ4n) is 2.82. The van der Waals surface area contributed by atoms with Crippen molar-refractivity contribution in [3.05, 3.63) is 12.7 Å². The maximum Gasteiger partial charge on any atom is 0.200 e. The highest BCUT2D eigenvalue weighted by molar-refractivity contribution is 6.77. The molecule has 0 amide bonds. The minimum Gasteiger partial charge on any atom is -0.416 e. The van der Waals surface area contributed by atoms with Crippen LogP contribution in [0.2, 0.25) is 16.6 Å². The van der Waals surface area contributed by atoms with Gasteiger partial charge in [-0.05, 0) is 23.0 Å². The van der Waals surface area contributed by atoms with Gasteiger partial charge in [-0.2, -0.15) is 0 Å². The molecule has 0 saturated carbocycles. The second-order valence-corrected chi connectivity index (χ2v) is 10.7. The molecule has 0 aliphatic heterocycles. The van der Waals surface area contributed by atoms with Gasteiger partial charge in [0.05, 0.1) is 0 Å². The van der Waals surface area contributed by atoms with E-state index in [4.69, 9.17) is 4.43 Å². The second kappa shape index (κ2) is 6.49. The molecular formula is C13H28OSi. The zero-order valence-electron chi connectivity index (χ0n) is 11.3. The van der Waals surface area contributed by atoms with Crippen molar-refractivity contribution in [1.29, 1.82) is 0 Å². The van der Waals surface area contributed by atoms with Gasteiger partial charge in [-0.1, -0.05) is 47.6 Å². The van der Waals surface area contributed by atoms with Gasteiger partial charge in [-0.15, -0.1) is 6.58 Å². The van der Waals surface area contributed by atoms with Crippen molar-refractivity contribution in [1.82, 2.24) is 0 Å². The molecule has 0 atom stereocenters. The standard InChI is InChI=1S/C13H28OSi/c1-8-9-10-14-15(11(2)3,12(4)5)13(6)7/h8,11-13H,1,9-10H2,2-7H3. The third kappa shape index (κ3) is 3.46. The Bertz CT molecular complexity index is 163. The van der Waals surface area contributed by atoms with Gasteiger partial charge in [0.1, 0.15) is 0 Å². The molecule has 0 radical (unpaired) electrons. The predicted molar refractivity (Wildman–Crippen MR) is 71.8 cm³/mol. The topological polar surface area (TPSA) is 9.23 Å². The first-order valence-corrected chi connectivity index (χ1v) is 8.28. The van der Waals surface area contributed by atoms with Gasteiger partial charge in [0.2, 0.25) is 0 Å². The first kappa shape index (κ1) is 14.9. The number of rotatable bonds is 7. The van der Waals surface area contributed by atoms with Crippen LogP contribution in [0.3, 0.4) is 0 Å². The summed E-state index contributed by atoms with van der Waals surface area (Å²) in [5, 5.41) is 0. The van der Waals surface area contributed by atoms with Crippen molar-refractivity contribution in [2.45, 2.75) is 64.6 Å². The van der Waals surface area contributed by atoms with Crippen molar-refractivity contribution in [3.63, 3.8) is 0 Å². The Morgan fingerprint density at radius 3 is 1.67 bits per heavy atom. The number of hydrogen-bond acceptors (Lipinski definition) is 1. The van der Waals surface area contributed by atoms with Crippen molar-refractivity contribution in [3.8, 4) is 0 Å². The lowest BCUT2D eigenvalue weighted by atomic mass is 10.5. The maximum atomic E-state index is 6.32. The molecule has 0 unspecified atom stereocenters. The molecule has 0 fully saturated rings. The highest BCUT2D eigenvalue weighted by Gasteiger charge is 2.44. The molecule has 2 heteroatoms. The van der Waals surface area contributed by atoms with Gasteiger partial charge < -0.3 is 4.43 Å². The monoisotopic (exact) mass is 228 g/mol. The van der Waals surface area contributed by atoms with Gasteiger partial charge >= 0.3 is 0 Å². The van der Waals surface area contributed by atoms with E-state index in [1.165, 1.54) is 0 Å². The van der Waals surface area contributed by atoms with E-state index in [-0.39, 0.29) is 0 Å². The summed E-state index contributed by atoms with van der Waals surface area (Å²) >= 11 is 0. The van der Waals surface area contributed by atoms with Crippen LogP contribution in [0, 0.1) is 0 Å². The second-order valence-electron chi connectivity index (χ2n) is 5.24. The van der Waals surface area contributed by atoms with Crippen LogP contribution in [-0.2, 0) is 4.43 Å². The minimum absolute atomic E-state index is 0.683. The highest BCUT2D eigenvalue weighted by atomic mass is 28.4. The predicted octanol–water partition coefficient (Wildman–Crippen LogP) is 4.75. The van der Waals surface area contributed by atoms with Crippen LogP contribution >= 0.6 is 0 Å². The van der Waals surface area contributed by atoms with E-state index < -0.39 is 8.32 Å². The minimum atomic E-state index is -1.61. The molecule has 0 heterocycles. The van der Waals surface area contributed by atoms with E-state index in [0.29, 0.717) is 16.6 Å². The molecule has 90 valence electrons. The van der Waals surface area contributed by atoms with E-state index in [9.17, 15) is 0 Å². The average Bonchev–Trinajstić information content (AvgIpc) is 2.10. The molecule has 0 rings (SSSR count).